The van der Waals surface area contributed by atoms with Gasteiger partial charge in [-0.15, -0.1) is 0 Å². The highest BCUT2D eigenvalue weighted by molar-refractivity contribution is 5.07. The molecule has 0 spiro atoms. The molecule has 0 aliphatic heterocycles. The second kappa shape index (κ2) is 3.23. The fraction of sp³-hybridized carbons (Fsp3) is 0.800. The molecule has 0 amide bonds. The van der Waals surface area contributed by atoms with E-state index in [0.717, 1.165) is 11.8 Å². The summed E-state index contributed by atoms with van der Waals surface area (Å²) in [4.78, 5) is 0. The third-order valence-corrected chi connectivity index (χ3v) is 2.36. The summed E-state index contributed by atoms with van der Waals surface area (Å²) < 4.78 is 0. The van der Waals surface area contributed by atoms with Gasteiger partial charge in [-0.2, -0.15) is 0 Å². The van der Waals surface area contributed by atoms with Gasteiger partial charge in [0.25, 0.3) is 0 Å². The van der Waals surface area contributed by atoms with Crippen LogP contribution in [0.3, 0.4) is 0 Å². The van der Waals surface area contributed by atoms with E-state index in [2.05, 4.69) is 26.8 Å². The highest BCUT2D eigenvalue weighted by Gasteiger charge is 2.14. The maximum Gasteiger partial charge on any atom is -0.0257 e. The van der Waals surface area contributed by atoms with Gasteiger partial charge in [-0.1, -0.05) is 32.4 Å². The van der Waals surface area contributed by atoms with E-state index in [1.54, 1.807) is 5.57 Å². The average Bonchev–Trinajstić information content (AvgIpc) is 1.85. The zero-order chi connectivity index (χ0) is 7.56. The first-order valence-electron chi connectivity index (χ1n) is 4.42. The van der Waals surface area contributed by atoms with Gasteiger partial charge in [0.05, 0.1) is 0 Å². The van der Waals surface area contributed by atoms with Crippen LogP contribution in [0.4, 0.5) is 0 Å². The van der Waals surface area contributed by atoms with Crippen LogP contribution in [0, 0.1) is 11.8 Å². The second-order valence-corrected chi connectivity index (χ2v) is 3.70. The van der Waals surface area contributed by atoms with Crippen LogP contribution in [-0.4, -0.2) is 0 Å². The van der Waals surface area contributed by atoms with Gasteiger partial charge < -0.3 is 0 Å². The van der Waals surface area contributed by atoms with Crippen molar-refractivity contribution in [2.75, 3.05) is 0 Å². The predicted molar refractivity (Wildman–Crippen MR) is 45.9 cm³/mol. The molecular weight excluding hydrogens is 120 g/mol. The van der Waals surface area contributed by atoms with E-state index in [1.807, 2.05) is 0 Å². The number of hydrogen-bond donors (Lipinski definition) is 0. The van der Waals surface area contributed by atoms with E-state index in [-0.39, 0.29) is 0 Å². The van der Waals surface area contributed by atoms with Gasteiger partial charge in [-0.3, -0.25) is 0 Å². The van der Waals surface area contributed by atoms with Crippen molar-refractivity contribution in [3.63, 3.8) is 0 Å². The first-order chi connectivity index (χ1) is 4.72. The Morgan fingerprint density at radius 3 is 2.70 bits per heavy atom. The lowest BCUT2D eigenvalue weighted by Crippen LogP contribution is -2.08. The summed E-state index contributed by atoms with van der Waals surface area (Å²) in [5.41, 5.74) is 1.67. The molecular formula is C10H18. The van der Waals surface area contributed by atoms with Crippen LogP contribution >= 0.6 is 0 Å². The maximum absolute atomic E-state index is 2.46. The van der Waals surface area contributed by atoms with Crippen LogP contribution in [0.2, 0.25) is 0 Å². The Bertz CT molecular complexity index is 133. The third-order valence-electron chi connectivity index (χ3n) is 2.36. The smallest absolute Gasteiger partial charge is 0.0257 e. The average molecular weight is 138 g/mol. The first kappa shape index (κ1) is 7.84. The van der Waals surface area contributed by atoms with Gasteiger partial charge in [0.15, 0.2) is 0 Å². The monoisotopic (exact) mass is 138 g/mol. The van der Waals surface area contributed by atoms with Gasteiger partial charge in [0.2, 0.25) is 0 Å². The van der Waals surface area contributed by atoms with Crippen molar-refractivity contribution in [1.82, 2.24) is 0 Å². The molecule has 0 heteroatoms. The highest BCUT2D eigenvalue weighted by Crippen LogP contribution is 2.28. The van der Waals surface area contributed by atoms with Crippen LogP contribution in [0.1, 0.15) is 40.0 Å². The Hall–Kier alpha value is -0.260. The summed E-state index contributed by atoms with van der Waals surface area (Å²) in [7, 11) is 0. The van der Waals surface area contributed by atoms with Crippen LogP contribution in [-0.2, 0) is 0 Å². The van der Waals surface area contributed by atoms with Crippen LogP contribution in [0.25, 0.3) is 0 Å². The van der Waals surface area contributed by atoms with Gasteiger partial charge >= 0.3 is 0 Å². The lowest BCUT2D eigenvalue weighted by atomic mass is 9.83. The molecule has 0 radical (unpaired) electrons. The summed E-state index contributed by atoms with van der Waals surface area (Å²) in [6, 6.07) is 0. The Morgan fingerprint density at radius 1 is 1.50 bits per heavy atom. The molecule has 1 aliphatic carbocycles. The Balaban J connectivity index is 2.56. The molecule has 0 aromatic rings. The first-order valence-corrected chi connectivity index (χ1v) is 4.42. The van der Waals surface area contributed by atoms with Crippen molar-refractivity contribution in [3.8, 4) is 0 Å². The molecule has 10 heavy (non-hydrogen) atoms. The standard InChI is InChI=1S/C10H18/c1-4-10-6-8(2)5-9(3)7-10/h6,8-9H,4-5,7H2,1-3H3. The maximum atomic E-state index is 2.46. The summed E-state index contributed by atoms with van der Waals surface area (Å²) >= 11 is 0. The predicted octanol–water partition coefficient (Wildman–Crippen LogP) is 3.39. The van der Waals surface area contributed by atoms with E-state index in [4.69, 9.17) is 0 Å². The van der Waals surface area contributed by atoms with Crippen molar-refractivity contribution >= 4 is 0 Å². The van der Waals surface area contributed by atoms with Gasteiger partial charge in [-0.05, 0) is 31.1 Å². The highest BCUT2D eigenvalue weighted by atomic mass is 14.2. The second-order valence-electron chi connectivity index (χ2n) is 3.70. The molecule has 0 saturated carbocycles. The van der Waals surface area contributed by atoms with Crippen LogP contribution in [0.15, 0.2) is 11.6 Å². The summed E-state index contributed by atoms with van der Waals surface area (Å²) in [5, 5.41) is 0. The molecule has 2 atom stereocenters. The van der Waals surface area contributed by atoms with E-state index < -0.39 is 0 Å². The van der Waals surface area contributed by atoms with Gasteiger partial charge in [-0.25, -0.2) is 0 Å². The fourth-order valence-corrected chi connectivity index (χ4v) is 1.97. The number of hydrogen-bond acceptors (Lipinski definition) is 0. The SMILES string of the molecule is CCC1=CC(C)CC(C)C1. The van der Waals surface area contributed by atoms with E-state index in [9.17, 15) is 0 Å². The zero-order valence-electron chi connectivity index (χ0n) is 7.35. The van der Waals surface area contributed by atoms with E-state index >= 15 is 0 Å². The van der Waals surface area contributed by atoms with Crippen molar-refractivity contribution in [1.29, 1.82) is 0 Å². The van der Waals surface area contributed by atoms with Gasteiger partial charge in [0.1, 0.15) is 0 Å². The molecule has 0 nitrogen and oxygen atoms in total. The molecule has 0 aromatic heterocycles. The van der Waals surface area contributed by atoms with Gasteiger partial charge in [0, 0.05) is 0 Å². The van der Waals surface area contributed by atoms with E-state index in [1.165, 1.54) is 19.3 Å². The molecule has 58 valence electrons. The number of rotatable bonds is 1. The minimum absolute atomic E-state index is 0.832. The van der Waals surface area contributed by atoms with Crippen molar-refractivity contribution in [3.05, 3.63) is 11.6 Å². The summed E-state index contributed by atoms with van der Waals surface area (Å²) in [5.74, 6) is 1.76. The molecule has 0 aromatic carbocycles. The molecule has 1 rings (SSSR count). The fourth-order valence-electron chi connectivity index (χ4n) is 1.97. The van der Waals surface area contributed by atoms with Crippen molar-refractivity contribution in [2.45, 2.75) is 40.0 Å². The summed E-state index contributed by atoms with van der Waals surface area (Å²) in [6.07, 6.45) is 6.46. The molecule has 1 aliphatic rings. The van der Waals surface area contributed by atoms with Crippen LogP contribution < -0.4 is 0 Å². The molecule has 2 unspecified atom stereocenters. The Morgan fingerprint density at radius 2 is 2.20 bits per heavy atom. The molecule has 0 saturated heterocycles. The molecule has 0 bridgehead atoms. The minimum Gasteiger partial charge on any atom is -0.0825 e. The lowest BCUT2D eigenvalue weighted by Gasteiger charge is -2.22. The third kappa shape index (κ3) is 1.86. The lowest BCUT2D eigenvalue weighted by molar-refractivity contribution is 0.430. The van der Waals surface area contributed by atoms with Crippen molar-refractivity contribution < 1.29 is 0 Å². The molecule has 0 heterocycles. The zero-order valence-corrected chi connectivity index (χ0v) is 7.35. The Kier molecular flexibility index (Phi) is 2.53. The van der Waals surface area contributed by atoms with E-state index in [0.29, 0.717) is 0 Å². The normalized spacial score (nSPS) is 33.7. The van der Waals surface area contributed by atoms with Crippen LogP contribution in [0.5, 0.6) is 0 Å². The minimum atomic E-state index is 0.832. The Labute approximate surface area is 64.3 Å². The quantitative estimate of drug-likeness (QED) is 0.487. The largest absolute Gasteiger partial charge is 0.0825 e. The van der Waals surface area contributed by atoms with Crippen molar-refractivity contribution in [2.24, 2.45) is 11.8 Å². The topological polar surface area (TPSA) is 0 Å². The molecule has 0 fully saturated rings. The molecule has 0 N–H and O–H groups in total. The number of allylic oxidation sites excluding steroid dienone is 2. The summed E-state index contributed by atoms with van der Waals surface area (Å²) in [6.45, 7) is 6.95.